The highest BCUT2D eigenvalue weighted by molar-refractivity contribution is 6.22. The van der Waals surface area contributed by atoms with Crippen molar-refractivity contribution in [3.05, 3.63) is 176 Å². The first-order valence-corrected chi connectivity index (χ1v) is 16.3. The Morgan fingerprint density at radius 2 is 1.04 bits per heavy atom. The van der Waals surface area contributed by atoms with Gasteiger partial charge in [-0.05, 0) is 90.8 Å². The lowest BCUT2D eigenvalue weighted by atomic mass is 9.84. The van der Waals surface area contributed by atoms with E-state index in [1.54, 1.807) is 10.6 Å². The molecule has 0 aliphatic carbocycles. The van der Waals surface area contributed by atoms with Crippen LogP contribution in [-0.2, 0) is 6.37 Å². The topological polar surface area (TPSA) is 30.7 Å². The van der Waals surface area contributed by atoms with E-state index in [4.69, 9.17) is 6.85 Å². The minimum Gasteiger partial charge on any atom is -0.296 e. The molecule has 232 valence electrons. The molecule has 0 aliphatic rings. The number of nitrogens with zero attached hydrogens (tertiary/aromatic N) is 3. The maximum atomic E-state index is 8.72. The second kappa shape index (κ2) is 12.0. The standard InChI is InChI=1S/C46H33N3/c1-2-44-48-41-20-10-12-22-43(41)49(44)42-21-11-9-14-35(42)31-23-25-33(26-24-31)45-37-16-5-7-18-39(37)46(40-19-8-6-17-38(40)45)36-15-4-3-13-34(36)32-27-29-47-30-28-32/h3-30H,2H2,1H3/i1D3,2D2. The number of benzene rings is 7. The van der Waals surface area contributed by atoms with Crippen LogP contribution in [0.4, 0.5) is 0 Å². The fourth-order valence-electron chi connectivity index (χ4n) is 7.30. The summed E-state index contributed by atoms with van der Waals surface area (Å²) in [6.07, 6.45) is 0.967. The van der Waals surface area contributed by atoms with Gasteiger partial charge in [0.1, 0.15) is 5.82 Å². The van der Waals surface area contributed by atoms with Crippen LogP contribution < -0.4 is 0 Å². The molecule has 0 spiro atoms. The Labute approximate surface area is 292 Å². The van der Waals surface area contributed by atoms with Gasteiger partial charge in [0.05, 0.1) is 16.7 Å². The van der Waals surface area contributed by atoms with E-state index in [9.17, 15) is 0 Å². The third-order valence-corrected chi connectivity index (χ3v) is 9.42. The average Bonchev–Trinajstić information content (AvgIpc) is 3.60. The SMILES string of the molecule is [2H]C([2H])([2H])C([2H])([2H])c1nc2ccccc2n1-c1ccccc1-c1ccc(-c2c3ccccc3c(-c3ccccc3-c3ccncc3)c3ccccc23)cc1. The summed E-state index contributed by atoms with van der Waals surface area (Å²) in [5, 5.41) is 4.60. The van der Waals surface area contributed by atoms with E-state index in [0.717, 1.165) is 60.5 Å². The van der Waals surface area contributed by atoms with E-state index in [0.29, 0.717) is 16.7 Å². The predicted octanol–water partition coefficient (Wildman–Crippen LogP) is 12.0. The maximum Gasteiger partial charge on any atom is 0.114 e. The maximum absolute atomic E-state index is 8.72. The van der Waals surface area contributed by atoms with Crippen molar-refractivity contribution >= 4 is 32.6 Å². The van der Waals surface area contributed by atoms with Crippen molar-refractivity contribution in [2.24, 2.45) is 0 Å². The second-order valence-electron chi connectivity index (χ2n) is 12.1. The highest BCUT2D eigenvalue weighted by atomic mass is 15.1. The van der Waals surface area contributed by atoms with E-state index in [-0.39, 0.29) is 5.82 Å². The Hall–Kier alpha value is -6.32. The molecule has 0 fully saturated rings. The average molecular weight is 633 g/mol. The molecule has 0 saturated carbocycles. The zero-order valence-corrected chi connectivity index (χ0v) is 26.5. The van der Waals surface area contributed by atoms with Gasteiger partial charge in [0.2, 0.25) is 0 Å². The molecule has 9 aromatic rings. The first-order valence-electron chi connectivity index (χ1n) is 18.8. The predicted molar refractivity (Wildman–Crippen MR) is 205 cm³/mol. The molecule has 0 atom stereocenters. The van der Waals surface area contributed by atoms with Crippen LogP contribution in [0.3, 0.4) is 0 Å². The molecule has 0 N–H and O–H groups in total. The summed E-state index contributed by atoms with van der Waals surface area (Å²) >= 11 is 0. The van der Waals surface area contributed by atoms with E-state index in [1.165, 1.54) is 5.56 Å². The van der Waals surface area contributed by atoms with Crippen LogP contribution in [0.25, 0.3) is 82.8 Å². The van der Waals surface area contributed by atoms with Gasteiger partial charge in [0.25, 0.3) is 0 Å². The summed E-state index contributed by atoms with van der Waals surface area (Å²) in [5.41, 5.74) is 10.3. The normalized spacial score (nSPS) is 13.5. The number of pyridine rings is 1. The molecule has 49 heavy (non-hydrogen) atoms. The van der Waals surface area contributed by atoms with Gasteiger partial charge in [0, 0.05) is 31.2 Å². The fourth-order valence-corrected chi connectivity index (χ4v) is 7.30. The number of aryl methyl sites for hydroxylation is 1. The van der Waals surface area contributed by atoms with Crippen molar-refractivity contribution in [3.63, 3.8) is 0 Å². The Morgan fingerprint density at radius 1 is 0.510 bits per heavy atom. The Kier molecular flexibility index (Phi) is 5.88. The van der Waals surface area contributed by atoms with Crippen molar-refractivity contribution in [1.82, 2.24) is 14.5 Å². The van der Waals surface area contributed by atoms with Crippen LogP contribution in [0.1, 0.15) is 19.5 Å². The van der Waals surface area contributed by atoms with Crippen LogP contribution in [-0.4, -0.2) is 14.5 Å². The molecule has 0 unspecified atom stereocenters. The molecule has 2 aromatic heterocycles. The van der Waals surface area contributed by atoms with Crippen molar-refractivity contribution in [3.8, 4) is 50.2 Å². The number of hydrogen-bond donors (Lipinski definition) is 0. The quantitative estimate of drug-likeness (QED) is 0.171. The van der Waals surface area contributed by atoms with Crippen molar-refractivity contribution in [1.29, 1.82) is 0 Å². The monoisotopic (exact) mass is 632 g/mol. The molecular weight excluding hydrogens is 595 g/mol. The van der Waals surface area contributed by atoms with Gasteiger partial charge < -0.3 is 0 Å². The fraction of sp³-hybridized carbons (Fsp3) is 0.0435. The second-order valence-corrected chi connectivity index (χ2v) is 12.1. The van der Waals surface area contributed by atoms with Gasteiger partial charge >= 0.3 is 0 Å². The third-order valence-electron chi connectivity index (χ3n) is 9.42. The highest BCUT2D eigenvalue weighted by Gasteiger charge is 2.19. The number of aromatic nitrogens is 3. The smallest absolute Gasteiger partial charge is 0.114 e. The minimum absolute atomic E-state index is 0.156. The van der Waals surface area contributed by atoms with E-state index in [1.807, 2.05) is 54.9 Å². The zero-order chi connectivity index (χ0) is 37.0. The largest absolute Gasteiger partial charge is 0.296 e. The molecule has 3 nitrogen and oxygen atoms in total. The first-order chi connectivity index (χ1) is 26.2. The van der Waals surface area contributed by atoms with Crippen LogP contribution in [0.2, 0.25) is 0 Å². The Morgan fingerprint density at radius 3 is 1.73 bits per heavy atom. The van der Waals surface area contributed by atoms with Crippen LogP contribution in [0.5, 0.6) is 0 Å². The molecule has 0 aliphatic heterocycles. The molecule has 2 heterocycles. The molecule has 7 aromatic carbocycles. The third kappa shape index (κ3) is 4.82. The van der Waals surface area contributed by atoms with Crippen molar-refractivity contribution < 1.29 is 6.85 Å². The summed E-state index contributed by atoms with van der Waals surface area (Å²) in [5.74, 6) is -0.156. The number of hydrogen-bond acceptors (Lipinski definition) is 2. The summed E-state index contributed by atoms with van der Waals surface area (Å²) in [6.45, 7) is -2.93. The lowest BCUT2D eigenvalue weighted by molar-refractivity contribution is 0.909. The Balaban J connectivity index is 1.22. The molecule has 0 saturated heterocycles. The van der Waals surface area contributed by atoms with Gasteiger partial charge in [-0.1, -0.05) is 134 Å². The van der Waals surface area contributed by atoms with Crippen molar-refractivity contribution in [2.45, 2.75) is 13.2 Å². The lowest BCUT2D eigenvalue weighted by Gasteiger charge is -2.20. The molecule has 9 rings (SSSR count). The zero-order valence-electron chi connectivity index (χ0n) is 31.5. The van der Waals surface area contributed by atoms with Gasteiger partial charge in [-0.3, -0.25) is 9.55 Å². The molecule has 0 amide bonds. The first kappa shape index (κ1) is 23.9. The summed E-state index contributed by atoms with van der Waals surface area (Å²) < 4.78 is 43.3. The van der Waals surface area contributed by atoms with E-state index < -0.39 is 13.2 Å². The summed E-state index contributed by atoms with van der Waals surface area (Å²) in [6, 6.07) is 53.3. The van der Waals surface area contributed by atoms with E-state index in [2.05, 4.69) is 119 Å². The lowest BCUT2D eigenvalue weighted by Crippen LogP contribution is -2.02. The van der Waals surface area contributed by atoms with Crippen LogP contribution >= 0.6 is 0 Å². The van der Waals surface area contributed by atoms with Crippen LogP contribution in [0.15, 0.2) is 170 Å². The van der Waals surface area contributed by atoms with Crippen LogP contribution in [0, 0.1) is 0 Å². The number of imidazole rings is 1. The van der Waals surface area contributed by atoms with Gasteiger partial charge in [-0.2, -0.15) is 0 Å². The molecular formula is C46H33N3. The number of para-hydroxylation sites is 3. The number of rotatable bonds is 6. The van der Waals surface area contributed by atoms with Gasteiger partial charge in [0.15, 0.2) is 0 Å². The summed E-state index contributed by atoms with van der Waals surface area (Å²) in [7, 11) is 0. The highest BCUT2D eigenvalue weighted by Crippen LogP contribution is 2.46. The molecule has 3 heteroatoms. The van der Waals surface area contributed by atoms with Gasteiger partial charge in [-0.15, -0.1) is 0 Å². The molecule has 0 radical (unpaired) electrons. The van der Waals surface area contributed by atoms with E-state index >= 15 is 0 Å². The minimum atomic E-state index is -2.93. The number of fused-ring (bicyclic) bond motifs is 3. The van der Waals surface area contributed by atoms with Crippen molar-refractivity contribution in [2.75, 3.05) is 0 Å². The summed E-state index contributed by atoms with van der Waals surface area (Å²) in [4.78, 5) is 8.81. The van der Waals surface area contributed by atoms with Gasteiger partial charge in [-0.25, -0.2) is 4.98 Å². The Bertz CT molecular complexity index is 2780. The molecule has 0 bridgehead atoms.